The third-order valence-electron chi connectivity index (χ3n) is 8.23. The lowest BCUT2D eigenvalue weighted by Gasteiger charge is -2.49. The Morgan fingerprint density at radius 3 is 2.28 bits per heavy atom. The molecule has 39 heavy (non-hydrogen) atoms. The molecule has 2 aromatic rings. The Morgan fingerprint density at radius 2 is 1.64 bits per heavy atom. The molecule has 208 valence electrons. The Labute approximate surface area is 224 Å². The van der Waals surface area contributed by atoms with Crippen LogP contribution in [0.25, 0.3) is 0 Å². The lowest BCUT2D eigenvalue weighted by molar-refractivity contribution is -0.274. The van der Waals surface area contributed by atoms with Crippen LogP contribution in [0.4, 0.5) is 18.9 Å². The topological polar surface area (TPSA) is 87.2 Å². The Bertz CT molecular complexity index is 1230. The molecule has 2 fully saturated rings. The lowest BCUT2D eigenvalue weighted by atomic mass is 9.79. The number of alkyl halides is 3. The van der Waals surface area contributed by atoms with E-state index in [1.54, 1.807) is 4.90 Å². The molecule has 10 heteroatoms. The van der Waals surface area contributed by atoms with Crippen molar-refractivity contribution in [1.82, 2.24) is 4.90 Å². The predicted octanol–water partition coefficient (Wildman–Crippen LogP) is 5.95. The van der Waals surface area contributed by atoms with Gasteiger partial charge >= 0.3 is 12.3 Å². The third kappa shape index (κ3) is 5.74. The normalized spacial score (nSPS) is 22.4. The van der Waals surface area contributed by atoms with Crippen molar-refractivity contribution in [3.8, 4) is 5.75 Å². The second-order valence-electron chi connectivity index (χ2n) is 10.6. The minimum Gasteiger partial charge on any atom is -0.481 e. The maximum atomic E-state index is 13.8. The van der Waals surface area contributed by atoms with Crippen LogP contribution in [0.15, 0.2) is 48.5 Å². The monoisotopic (exact) mass is 544 g/mol. The zero-order valence-electron chi connectivity index (χ0n) is 21.4. The number of nitrogens with zero attached hydrogens (tertiary/aromatic N) is 2. The number of anilines is 1. The van der Waals surface area contributed by atoms with Crippen molar-refractivity contribution in [2.45, 2.75) is 69.8 Å². The molecule has 2 amide bonds. The Kier molecular flexibility index (Phi) is 7.55. The SMILES string of the molecule is O=C(O)CCC(=O)N(CC1CCC1)[C@H]1c2ccccc2N(C(=O)c2ccc(OC(F)(F)F)cc2)[C@H]2CCC[C@H]12. The first-order chi connectivity index (χ1) is 18.6. The standard InChI is InChI=1S/C29H31F3N2O5/c30-29(31,32)39-20-13-11-19(12-14-20)28(38)34-23-9-2-1-7-21(23)27(22-8-4-10-24(22)34)33(17-18-5-3-6-18)25(35)15-16-26(36)37/h1-2,7,9,11-14,18,22,24,27H,3-6,8,10,15-17H2,(H,36,37)/t22-,24-,27-/m0/s1. The number of hydrogen-bond donors (Lipinski definition) is 1. The average molecular weight is 545 g/mol. The van der Waals surface area contributed by atoms with Gasteiger partial charge in [-0.3, -0.25) is 14.4 Å². The Balaban J connectivity index is 1.49. The lowest BCUT2D eigenvalue weighted by Crippen LogP contribution is -2.53. The number of carbonyl (C=O) groups excluding carboxylic acids is 2. The number of carboxylic acids is 1. The highest BCUT2D eigenvalue weighted by atomic mass is 19.4. The van der Waals surface area contributed by atoms with Crippen LogP contribution in [0.3, 0.4) is 0 Å². The molecule has 0 radical (unpaired) electrons. The van der Waals surface area contributed by atoms with Crippen molar-refractivity contribution in [1.29, 1.82) is 0 Å². The molecular formula is C29H31F3N2O5. The van der Waals surface area contributed by atoms with Crippen molar-refractivity contribution in [3.63, 3.8) is 0 Å². The van der Waals surface area contributed by atoms with Gasteiger partial charge in [-0.25, -0.2) is 0 Å². The maximum Gasteiger partial charge on any atom is 0.573 e. The summed E-state index contributed by atoms with van der Waals surface area (Å²) in [7, 11) is 0. The molecule has 0 aromatic heterocycles. The average Bonchev–Trinajstić information content (AvgIpc) is 3.34. The molecule has 2 aliphatic carbocycles. The zero-order chi connectivity index (χ0) is 27.7. The van der Waals surface area contributed by atoms with Gasteiger partial charge in [0.1, 0.15) is 5.75 Å². The Hall–Kier alpha value is -3.56. The van der Waals surface area contributed by atoms with Crippen LogP contribution < -0.4 is 9.64 Å². The van der Waals surface area contributed by atoms with Crippen LogP contribution in [0.5, 0.6) is 5.75 Å². The molecule has 2 saturated carbocycles. The molecule has 1 N–H and O–H groups in total. The summed E-state index contributed by atoms with van der Waals surface area (Å²) in [6.07, 6.45) is 0.446. The van der Waals surface area contributed by atoms with Gasteiger partial charge in [0.15, 0.2) is 0 Å². The summed E-state index contributed by atoms with van der Waals surface area (Å²) in [5.41, 5.74) is 1.76. The van der Waals surface area contributed by atoms with Gasteiger partial charge in [0, 0.05) is 36.2 Å². The summed E-state index contributed by atoms with van der Waals surface area (Å²) in [4.78, 5) is 42.2. The first-order valence-corrected chi connectivity index (χ1v) is 13.4. The van der Waals surface area contributed by atoms with E-state index in [0.29, 0.717) is 18.2 Å². The smallest absolute Gasteiger partial charge is 0.481 e. The molecule has 7 nitrogen and oxygen atoms in total. The van der Waals surface area contributed by atoms with Crippen molar-refractivity contribution >= 4 is 23.5 Å². The fourth-order valence-electron chi connectivity index (χ4n) is 6.30. The van der Waals surface area contributed by atoms with Gasteiger partial charge in [0.25, 0.3) is 5.91 Å². The van der Waals surface area contributed by atoms with E-state index in [0.717, 1.165) is 56.2 Å². The van der Waals surface area contributed by atoms with E-state index in [1.165, 1.54) is 12.1 Å². The number of fused-ring (bicyclic) bond motifs is 2. The molecule has 0 spiro atoms. The first-order valence-electron chi connectivity index (χ1n) is 13.4. The number of rotatable bonds is 8. The molecular weight excluding hydrogens is 513 g/mol. The molecule has 0 unspecified atom stereocenters. The van der Waals surface area contributed by atoms with Gasteiger partial charge in [0.05, 0.1) is 12.5 Å². The largest absolute Gasteiger partial charge is 0.573 e. The fourth-order valence-corrected chi connectivity index (χ4v) is 6.30. The predicted molar refractivity (Wildman–Crippen MR) is 136 cm³/mol. The van der Waals surface area contributed by atoms with Crippen molar-refractivity contribution in [2.24, 2.45) is 11.8 Å². The second kappa shape index (κ2) is 10.9. The van der Waals surface area contributed by atoms with Crippen molar-refractivity contribution < 1.29 is 37.4 Å². The number of ether oxygens (including phenoxy) is 1. The maximum absolute atomic E-state index is 13.8. The Morgan fingerprint density at radius 1 is 0.949 bits per heavy atom. The summed E-state index contributed by atoms with van der Waals surface area (Å²) in [6.45, 7) is 0.565. The number of halogens is 3. The van der Waals surface area contributed by atoms with Crippen molar-refractivity contribution in [2.75, 3.05) is 11.4 Å². The summed E-state index contributed by atoms with van der Waals surface area (Å²) in [5.74, 6) is -1.58. The van der Waals surface area contributed by atoms with E-state index in [1.807, 2.05) is 29.2 Å². The second-order valence-corrected chi connectivity index (χ2v) is 10.6. The fraction of sp³-hybridized carbons (Fsp3) is 0.483. The zero-order valence-corrected chi connectivity index (χ0v) is 21.4. The highest BCUT2D eigenvalue weighted by molar-refractivity contribution is 6.07. The molecule has 3 atom stereocenters. The molecule has 0 saturated heterocycles. The van der Waals surface area contributed by atoms with E-state index < -0.39 is 18.1 Å². The van der Waals surface area contributed by atoms with Crippen LogP contribution >= 0.6 is 0 Å². The molecule has 3 aliphatic rings. The first kappa shape index (κ1) is 27.0. The number of aliphatic carboxylic acids is 1. The van der Waals surface area contributed by atoms with E-state index in [2.05, 4.69) is 4.74 Å². The molecule has 0 bridgehead atoms. The number of benzene rings is 2. The number of hydrogen-bond acceptors (Lipinski definition) is 4. The van der Waals surface area contributed by atoms with Crippen LogP contribution in [-0.2, 0) is 9.59 Å². The summed E-state index contributed by atoms with van der Waals surface area (Å²) in [6, 6.07) is 11.9. The summed E-state index contributed by atoms with van der Waals surface area (Å²) in [5, 5.41) is 9.20. The number of amides is 2. The van der Waals surface area contributed by atoms with E-state index >= 15 is 0 Å². The van der Waals surface area contributed by atoms with Gasteiger partial charge < -0.3 is 19.6 Å². The number of para-hydroxylation sites is 1. The van der Waals surface area contributed by atoms with Crippen LogP contribution in [0.1, 0.15) is 73.3 Å². The molecule has 5 rings (SSSR count). The highest BCUT2D eigenvalue weighted by Gasteiger charge is 2.49. The molecule has 1 aliphatic heterocycles. The van der Waals surface area contributed by atoms with Crippen LogP contribution in [-0.4, -0.2) is 46.7 Å². The summed E-state index contributed by atoms with van der Waals surface area (Å²) >= 11 is 0. The highest BCUT2D eigenvalue weighted by Crippen LogP contribution is 2.51. The van der Waals surface area contributed by atoms with Gasteiger partial charge in [-0.2, -0.15) is 0 Å². The molecule has 2 aromatic carbocycles. The summed E-state index contributed by atoms with van der Waals surface area (Å²) < 4.78 is 41.8. The van der Waals surface area contributed by atoms with Crippen LogP contribution in [0, 0.1) is 11.8 Å². The minimum atomic E-state index is -4.82. The molecule has 1 heterocycles. The van der Waals surface area contributed by atoms with E-state index in [9.17, 15) is 32.7 Å². The van der Waals surface area contributed by atoms with E-state index in [4.69, 9.17) is 0 Å². The van der Waals surface area contributed by atoms with Gasteiger partial charge in [-0.1, -0.05) is 31.0 Å². The number of carbonyl (C=O) groups is 3. The minimum absolute atomic E-state index is 0.0365. The van der Waals surface area contributed by atoms with Gasteiger partial charge in [-0.15, -0.1) is 13.2 Å². The van der Waals surface area contributed by atoms with Gasteiger partial charge in [-0.05, 0) is 67.5 Å². The van der Waals surface area contributed by atoms with Gasteiger partial charge in [0.2, 0.25) is 5.91 Å². The third-order valence-corrected chi connectivity index (χ3v) is 8.23. The van der Waals surface area contributed by atoms with Crippen LogP contribution in [0.2, 0.25) is 0 Å². The van der Waals surface area contributed by atoms with Crippen molar-refractivity contribution in [3.05, 3.63) is 59.7 Å². The number of carboxylic acid groups (broad SMARTS) is 1. The van der Waals surface area contributed by atoms with E-state index in [-0.39, 0.29) is 48.2 Å². The quantitative estimate of drug-likeness (QED) is 0.444.